The minimum atomic E-state index is -0.368. The molecule has 10 nitrogen and oxygen atoms in total. The first-order chi connectivity index (χ1) is 23.5. The molecular weight excluding hydrogens is 609 g/mol. The van der Waals surface area contributed by atoms with Crippen molar-refractivity contribution >= 4 is 29.0 Å². The predicted octanol–water partition coefficient (Wildman–Crippen LogP) is 7.66. The number of unbranched alkanes of at least 4 members (excludes halogenated alkanes) is 6. The molecule has 2 aromatic heterocycles. The Morgan fingerprint density at radius 2 is 1.67 bits per heavy atom. The first kappa shape index (κ1) is 34.9. The summed E-state index contributed by atoms with van der Waals surface area (Å²) in [5, 5.41) is 0. The van der Waals surface area contributed by atoms with Crippen molar-refractivity contribution in [1.29, 1.82) is 0 Å². The Morgan fingerprint density at radius 1 is 0.938 bits per heavy atom. The number of piperidine rings is 1. The number of carbonyl (C=O) groups excluding carboxylic acids is 1. The minimum absolute atomic E-state index is 0.205. The normalized spacial score (nSPS) is 13.5. The van der Waals surface area contributed by atoms with E-state index in [1.807, 2.05) is 44.3 Å². The molecule has 0 N–H and O–H groups in total. The van der Waals surface area contributed by atoms with Crippen LogP contribution >= 0.6 is 0 Å². The Kier molecular flexibility index (Phi) is 12.8. The summed E-state index contributed by atoms with van der Waals surface area (Å²) in [7, 11) is 2.01. The van der Waals surface area contributed by atoms with Gasteiger partial charge in [0.25, 0.3) is 0 Å². The van der Waals surface area contributed by atoms with Gasteiger partial charge in [-0.3, -0.25) is 0 Å². The van der Waals surface area contributed by atoms with Gasteiger partial charge in [-0.25, -0.2) is 19.2 Å². The van der Waals surface area contributed by atoms with Crippen molar-refractivity contribution in [3.8, 4) is 5.88 Å². The molecule has 0 atom stereocenters. The van der Waals surface area contributed by atoms with Crippen LogP contribution in [-0.4, -0.2) is 76.6 Å². The van der Waals surface area contributed by atoms with Gasteiger partial charge in [0.2, 0.25) is 24.6 Å². The van der Waals surface area contributed by atoms with Crippen molar-refractivity contribution in [2.45, 2.75) is 84.2 Å². The molecule has 0 bridgehead atoms. The number of ether oxygens (including phenoxy) is 2. The summed E-state index contributed by atoms with van der Waals surface area (Å²) < 4.78 is 26.9. The summed E-state index contributed by atoms with van der Waals surface area (Å²) in [6.07, 6.45) is 11.5. The van der Waals surface area contributed by atoms with E-state index in [9.17, 15) is 9.18 Å². The van der Waals surface area contributed by atoms with Crippen LogP contribution in [0.5, 0.6) is 5.88 Å². The van der Waals surface area contributed by atoms with Crippen molar-refractivity contribution in [2.24, 2.45) is 0 Å². The Labute approximate surface area is 283 Å². The van der Waals surface area contributed by atoms with E-state index in [0.717, 1.165) is 61.3 Å². The number of anilines is 2. The summed E-state index contributed by atoms with van der Waals surface area (Å²) in [5.41, 5.74) is 3.03. The van der Waals surface area contributed by atoms with E-state index in [1.54, 1.807) is 17.2 Å². The monoisotopic (exact) mass is 659 g/mol. The molecule has 4 aromatic rings. The second-order valence-electron chi connectivity index (χ2n) is 12.5. The van der Waals surface area contributed by atoms with Gasteiger partial charge in [0.15, 0.2) is 0 Å². The Morgan fingerprint density at radius 3 is 2.42 bits per heavy atom. The molecule has 1 fully saturated rings. The Balaban J connectivity index is 1.11. The fourth-order valence-electron chi connectivity index (χ4n) is 6.30. The maximum atomic E-state index is 13.6. The van der Waals surface area contributed by atoms with Gasteiger partial charge in [0.1, 0.15) is 5.82 Å². The van der Waals surface area contributed by atoms with E-state index in [1.165, 1.54) is 44.2 Å². The molecule has 0 aliphatic carbocycles. The van der Waals surface area contributed by atoms with Crippen LogP contribution in [-0.2, 0) is 11.3 Å². The van der Waals surface area contributed by atoms with Crippen LogP contribution in [0.1, 0.15) is 77.2 Å². The van der Waals surface area contributed by atoms with Gasteiger partial charge in [-0.2, -0.15) is 4.98 Å². The zero-order valence-electron chi connectivity index (χ0n) is 28.7. The summed E-state index contributed by atoms with van der Waals surface area (Å²) >= 11 is 0. The zero-order chi connectivity index (χ0) is 33.7. The number of halogens is 1. The van der Waals surface area contributed by atoms with E-state index in [2.05, 4.69) is 37.3 Å². The highest BCUT2D eigenvalue weighted by Crippen LogP contribution is 2.28. The number of aromatic nitrogens is 4. The molecule has 0 saturated carbocycles. The third-order valence-corrected chi connectivity index (χ3v) is 9.18. The van der Waals surface area contributed by atoms with Crippen molar-refractivity contribution in [2.75, 3.05) is 49.8 Å². The summed E-state index contributed by atoms with van der Waals surface area (Å²) in [6, 6.07) is 16.7. The minimum Gasteiger partial charge on any atom is -0.440 e. The van der Waals surface area contributed by atoms with Gasteiger partial charge in [0, 0.05) is 51.5 Å². The van der Waals surface area contributed by atoms with Gasteiger partial charge in [-0.15, -0.1) is 0 Å². The number of amides is 1. The highest BCUT2D eigenvalue weighted by molar-refractivity contribution is 5.79. The maximum absolute atomic E-state index is 13.6. The highest BCUT2D eigenvalue weighted by Gasteiger charge is 2.27. The molecule has 1 aliphatic rings. The molecule has 258 valence electrons. The van der Waals surface area contributed by atoms with Gasteiger partial charge in [-0.05, 0) is 56.0 Å². The molecule has 5 rings (SSSR count). The second kappa shape index (κ2) is 17.7. The fourth-order valence-corrected chi connectivity index (χ4v) is 6.30. The highest BCUT2D eigenvalue weighted by atomic mass is 19.1. The SMILES string of the molecule is CCCCCCCCCN(CC)C(=O)OCOc1ccnc(N(C)C2CCN(c3nc4ccccc4n3Cc3ccc(F)cc3)CC2)n1. The summed E-state index contributed by atoms with van der Waals surface area (Å²) in [5.74, 6) is 1.61. The van der Waals surface area contributed by atoms with Crippen molar-refractivity contribution in [1.82, 2.24) is 24.4 Å². The third kappa shape index (κ3) is 9.35. The maximum Gasteiger partial charge on any atom is 0.412 e. The average Bonchev–Trinajstić information content (AvgIpc) is 3.48. The standard InChI is InChI=1S/C37H50FN7O3/c1-4-6-7-8-9-10-13-24-43(5-2)37(46)48-28-47-34-20-23-39-35(41-34)42(3)31-21-25-44(26-22-31)36-40-32-14-11-12-15-33(32)45(36)27-29-16-18-30(38)19-17-29/h11-12,14-20,23,31H,4-10,13,21-22,24-28H2,1-3H3. The number of hydrogen-bond acceptors (Lipinski definition) is 8. The number of hydrogen-bond donors (Lipinski definition) is 0. The number of nitrogens with zero attached hydrogens (tertiary/aromatic N) is 7. The Bertz CT molecular complexity index is 1570. The van der Waals surface area contributed by atoms with Crippen LogP contribution in [0.25, 0.3) is 11.0 Å². The van der Waals surface area contributed by atoms with Crippen molar-refractivity contribution in [3.63, 3.8) is 0 Å². The lowest BCUT2D eigenvalue weighted by Crippen LogP contribution is -2.44. The molecular formula is C37H50FN7O3. The largest absolute Gasteiger partial charge is 0.440 e. The van der Waals surface area contributed by atoms with Crippen LogP contribution in [0, 0.1) is 5.82 Å². The molecule has 2 aromatic carbocycles. The molecule has 48 heavy (non-hydrogen) atoms. The number of imidazole rings is 1. The predicted molar refractivity (Wildman–Crippen MR) is 188 cm³/mol. The van der Waals surface area contributed by atoms with Gasteiger partial charge >= 0.3 is 6.09 Å². The molecule has 1 amide bonds. The number of carbonyl (C=O) groups is 1. The molecule has 0 unspecified atom stereocenters. The fraction of sp³-hybridized carbons (Fsp3) is 0.514. The first-order valence-corrected chi connectivity index (χ1v) is 17.5. The van der Waals surface area contributed by atoms with Crippen LogP contribution in [0.3, 0.4) is 0 Å². The number of para-hydroxylation sites is 2. The number of fused-ring (bicyclic) bond motifs is 1. The van der Waals surface area contributed by atoms with Crippen LogP contribution in [0.2, 0.25) is 0 Å². The summed E-state index contributed by atoms with van der Waals surface area (Å²) in [6.45, 7) is 7.53. The second-order valence-corrected chi connectivity index (χ2v) is 12.5. The average molecular weight is 660 g/mol. The Hall–Kier alpha value is -4.41. The first-order valence-electron chi connectivity index (χ1n) is 17.5. The van der Waals surface area contributed by atoms with Gasteiger partial charge < -0.3 is 28.7 Å². The molecule has 1 saturated heterocycles. The van der Waals surface area contributed by atoms with Crippen LogP contribution in [0.4, 0.5) is 21.1 Å². The van der Waals surface area contributed by atoms with E-state index in [-0.39, 0.29) is 24.7 Å². The molecule has 11 heteroatoms. The quantitative estimate of drug-likeness (QED) is 0.0843. The molecule has 1 aliphatic heterocycles. The van der Waals surface area contributed by atoms with E-state index < -0.39 is 0 Å². The molecule has 3 heterocycles. The lowest BCUT2D eigenvalue weighted by atomic mass is 10.0. The van der Waals surface area contributed by atoms with E-state index in [4.69, 9.17) is 14.5 Å². The number of rotatable bonds is 17. The van der Waals surface area contributed by atoms with Crippen LogP contribution < -0.4 is 14.5 Å². The zero-order valence-corrected chi connectivity index (χ0v) is 28.7. The lowest BCUT2D eigenvalue weighted by molar-refractivity contribution is 0.0334. The number of benzene rings is 2. The smallest absolute Gasteiger partial charge is 0.412 e. The third-order valence-electron chi connectivity index (χ3n) is 9.18. The van der Waals surface area contributed by atoms with Gasteiger partial charge in [-0.1, -0.05) is 69.7 Å². The van der Waals surface area contributed by atoms with E-state index >= 15 is 0 Å². The topological polar surface area (TPSA) is 88.9 Å². The molecule has 0 radical (unpaired) electrons. The van der Waals surface area contributed by atoms with Crippen molar-refractivity contribution < 1.29 is 18.7 Å². The van der Waals surface area contributed by atoms with Crippen LogP contribution in [0.15, 0.2) is 60.8 Å². The lowest BCUT2D eigenvalue weighted by Gasteiger charge is -2.37. The van der Waals surface area contributed by atoms with Gasteiger partial charge in [0.05, 0.1) is 17.6 Å². The van der Waals surface area contributed by atoms with Crippen molar-refractivity contribution in [3.05, 3.63) is 72.2 Å². The molecule has 0 spiro atoms. The summed E-state index contributed by atoms with van der Waals surface area (Å²) in [4.78, 5) is 32.9. The van der Waals surface area contributed by atoms with E-state index in [0.29, 0.717) is 31.5 Å².